The molecule has 0 rings (SSSR count). The van der Waals surface area contributed by atoms with Gasteiger partial charge in [-0.3, -0.25) is 0 Å². The van der Waals surface area contributed by atoms with Crippen LogP contribution < -0.4 is 5.73 Å². The third-order valence-corrected chi connectivity index (χ3v) is 2.99. The van der Waals surface area contributed by atoms with Crippen molar-refractivity contribution in [2.45, 2.75) is 52.9 Å². The van der Waals surface area contributed by atoms with E-state index in [4.69, 9.17) is 5.73 Å². The van der Waals surface area contributed by atoms with Crippen LogP contribution in [0.2, 0.25) is 0 Å². The van der Waals surface area contributed by atoms with Crippen molar-refractivity contribution in [1.29, 1.82) is 0 Å². The summed E-state index contributed by atoms with van der Waals surface area (Å²) in [5, 5.41) is 0. The molecule has 1 heteroatoms. The highest BCUT2D eigenvalue weighted by Gasteiger charge is 2.22. The summed E-state index contributed by atoms with van der Waals surface area (Å²) in [5.41, 5.74) is 6.22. The van der Waals surface area contributed by atoms with Crippen LogP contribution in [0.1, 0.15) is 52.9 Å². The van der Waals surface area contributed by atoms with Crippen LogP contribution in [-0.2, 0) is 0 Å². The molecule has 0 aromatic heterocycles. The van der Waals surface area contributed by atoms with Gasteiger partial charge in [0.2, 0.25) is 0 Å². The van der Waals surface area contributed by atoms with Crippen LogP contribution in [0.5, 0.6) is 0 Å². The van der Waals surface area contributed by atoms with Gasteiger partial charge in [-0.15, -0.1) is 0 Å². The van der Waals surface area contributed by atoms with Crippen LogP contribution in [0, 0.1) is 5.41 Å². The molecule has 0 unspecified atom stereocenters. The third kappa shape index (κ3) is 3.24. The quantitative estimate of drug-likeness (QED) is 0.630. The maximum Gasteiger partial charge on any atom is -0.00207 e. The lowest BCUT2D eigenvalue weighted by Crippen LogP contribution is -2.29. The zero-order chi connectivity index (χ0) is 8.74. The van der Waals surface area contributed by atoms with Crippen LogP contribution in [0.3, 0.4) is 0 Å². The largest absolute Gasteiger partial charge is 0.330 e. The molecular formula is C10H23N. The fraction of sp³-hybridized carbons (Fsp3) is 1.00. The zero-order valence-electron chi connectivity index (χ0n) is 8.32. The van der Waals surface area contributed by atoms with Crippen LogP contribution in [0.4, 0.5) is 0 Å². The summed E-state index contributed by atoms with van der Waals surface area (Å²) in [6.07, 6.45) is 6.41. The van der Waals surface area contributed by atoms with E-state index in [-0.39, 0.29) is 0 Å². The van der Waals surface area contributed by atoms with E-state index in [0.717, 1.165) is 6.54 Å². The highest BCUT2D eigenvalue weighted by molar-refractivity contribution is 4.76. The molecule has 1 nitrogen and oxygen atoms in total. The van der Waals surface area contributed by atoms with Crippen LogP contribution in [-0.4, -0.2) is 6.54 Å². The van der Waals surface area contributed by atoms with Gasteiger partial charge in [0.25, 0.3) is 0 Å². The van der Waals surface area contributed by atoms with Crippen LogP contribution in [0.25, 0.3) is 0 Å². The van der Waals surface area contributed by atoms with E-state index in [1.807, 2.05) is 0 Å². The minimum Gasteiger partial charge on any atom is -0.330 e. The fourth-order valence-corrected chi connectivity index (χ4v) is 1.55. The Morgan fingerprint density at radius 3 is 1.91 bits per heavy atom. The summed E-state index contributed by atoms with van der Waals surface area (Å²) in [7, 11) is 0. The number of nitrogens with two attached hydrogens (primary N) is 1. The minimum absolute atomic E-state index is 0.454. The molecule has 0 aliphatic rings. The molecular weight excluding hydrogens is 134 g/mol. The van der Waals surface area contributed by atoms with Gasteiger partial charge in [-0.25, -0.2) is 0 Å². The number of unbranched alkanes of at least 4 members (excludes halogenated alkanes) is 1. The van der Waals surface area contributed by atoms with E-state index < -0.39 is 0 Å². The zero-order valence-corrected chi connectivity index (χ0v) is 8.32. The van der Waals surface area contributed by atoms with Crippen molar-refractivity contribution in [3.05, 3.63) is 0 Å². The lowest BCUT2D eigenvalue weighted by molar-refractivity contribution is 0.243. The summed E-state index contributed by atoms with van der Waals surface area (Å²) < 4.78 is 0. The van der Waals surface area contributed by atoms with Gasteiger partial charge in [-0.2, -0.15) is 0 Å². The van der Waals surface area contributed by atoms with Crippen molar-refractivity contribution in [2.75, 3.05) is 6.54 Å². The van der Waals surface area contributed by atoms with E-state index in [2.05, 4.69) is 20.8 Å². The number of hydrogen-bond donors (Lipinski definition) is 1. The molecule has 0 fully saturated rings. The normalized spacial score (nSPS) is 12.0. The second-order valence-corrected chi connectivity index (χ2v) is 3.51. The van der Waals surface area contributed by atoms with E-state index >= 15 is 0 Å². The summed E-state index contributed by atoms with van der Waals surface area (Å²) >= 11 is 0. The Balaban J connectivity index is 3.84. The monoisotopic (exact) mass is 157 g/mol. The second kappa shape index (κ2) is 5.59. The first kappa shape index (κ1) is 11.0. The predicted octanol–water partition coefficient (Wildman–Crippen LogP) is 2.94. The molecule has 0 aliphatic carbocycles. The Morgan fingerprint density at radius 2 is 1.64 bits per heavy atom. The van der Waals surface area contributed by atoms with Crippen molar-refractivity contribution in [1.82, 2.24) is 0 Å². The first-order valence-electron chi connectivity index (χ1n) is 4.94. The molecule has 0 aliphatic heterocycles. The second-order valence-electron chi connectivity index (χ2n) is 3.51. The van der Waals surface area contributed by atoms with Gasteiger partial charge < -0.3 is 5.73 Å². The molecule has 2 N–H and O–H groups in total. The van der Waals surface area contributed by atoms with Gasteiger partial charge in [0.1, 0.15) is 0 Å². The van der Waals surface area contributed by atoms with E-state index in [1.54, 1.807) is 0 Å². The molecule has 0 saturated carbocycles. The maximum atomic E-state index is 5.77. The number of hydrogen-bond acceptors (Lipinski definition) is 1. The maximum absolute atomic E-state index is 5.77. The number of rotatable bonds is 6. The summed E-state index contributed by atoms with van der Waals surface area (Å²) in [4.78, 5) is 0. The first-order chi connectivity index (χ1) is 5.24. The smallest absolute Gasteiger partial charge is 0.00207 e. The molecule has 0 saturated heterocycles. The Kier molecular flexibility index (Phi) is 5.57. The Morgan fingerprint density at radius 1 is 1.09 bits per heavy atom. The standard InChI is InChI=1S/C10H23N/c1-4-7-8-10(5-2,6-3)9-11/h4-9,11H2,1-3H3. The summed E-state index contributed by atoms with van der Waals surface area (Å²) in [6, 6.07) is 0. The van der Waals surface area contributed by atoms with Crippen molar-refractivity contribution < 1.29 is 0 Å². The Hall–Kier alpha value is -0.0400. The highest BCUT2D eigenvalue weighted by Crippen LogP contribution is 2.30. The molecule has 0 aromatic carbocycles. The van der Waals surface area contributed by atoms with Gasteiger partial charge >= 0.3 is 0 Å². The third-order valence-electron chi connectivity index (χ3n) is 2.99. The molecule has 68 valence electrons. The van der Waals surface area contributed by atoms with Crippen molar-refractivity contribution in [3.63, 3.8) is 0 Å². The molecule has 11 heavy (non-hydrogen) atoms. The summed E-state index contributed by atoms with van der Waals surface area (Å²) in [5.74, 6) is 0. The van der Waals surface area contributed by atoms with Crippen molar-refractivity contribution >= 4 is 0 Å². The molecule has 0 aromatic rings. The van der Waals surface area contributed by atoms with Gasteiger partial charge in [0.05, 0.1) is 0 Å². The predicted molar refractivity (Wildman–Crippen MR) is 51.6 cm³/mol. The van der Waals surface area contributed by atoms with Crippen LogP contribution >= 0.6 is 0 Å². The van der Waals surface area contributed by atoms with Crippen LogP contribution in [0.15, 0.2) is 0 Å². The molecule has 0 radical (unpaired) electrons. The molecule has 0 amide bonds. The highest BCUT2D eigenvalue weighted by atomic mass is 14.6. The van der Waals surface area contributed by atoms with Gasteiger partial charge in [0, 0.05) is 0 Å². The fourth-order valence-electron chi connectivity index (χ4n) is 1.55. The van der Waals surface area contributed by atoms with Gasteiger partial charge in [-0.1, -0.05) is 33.6 Å². The van der Waals surface area contributed by atoms with Gasteiger partial charge in [-0.05, 0) is 31.2 Å². The minimum atomic E-state index is 0.454. The average molecular weight is 157 g/mol. The first-order valence-corrected chi connectivity index (χ1v) is 4.94. The van der Waals surface area contributed by atoms with E-state index in [1.165, 1.54) is 32.1 Å². The molecule has 0 spiro atoms. The SMILES string of the molecule is CCCCC(CC)(CC)CN. The summed E-state index contributed by atoms with van der Waals surface area (Å²) in [6.45, 7) is 7.62. The molecule has 0 atom stereocenters. The topological polar surface area (TPSA) is 26.0 Å². The molecule has 0 heterocycles. The molecule has 0 bridgehead atoms. The van der Waals surface area contributed by atoms with Gasteiger partial charge in [0.15, 0.2) is 0 Å². The average Bonchev–Trinajstić information content (AvgIpc) is 2.08. The van der Waals surface area contributed by atoms with E-state index in [0.29, 0.717) is 5.41 Å². The van der Waals surface area contributed by atoms with Crippen molar-refractivity contribution in [2.24, 2.45) is 11.1 Å². The Labute approximate surface area is 71.4 Å². The lowest BCUT2D eigenvalue weighted by Gasteiger charge is -2.29. The Bertz CT molecular complexity index is 76.6. The van der Waals surface area contributed by atoms with E-state index in [9.17, 15) is 0 Å². The lowest BCUT2D eigenvalue weighted by atomic mass is 9.78. The van der Waals surface area contributed by atoms with Crippen molar-refractivity contribution in [3.8, 4) is 0 Å².